The lowest BCUT2D eigenvalue weighted by molar-refractivity contribution is 0.0901. The average Bonchev–Trinajstić information content (AvgIpc) is 3.64. The number of carbonyl (C=O) groups is 2. The van der Waals surface area contributed by atoms with Crippen LogP contribution in [-0.4, -0.2) is 48.9 Å². The number of pyridine rings is 3. The van der Waals surface area contributed by atoms with Gasteiger partial charge in [-0.05, 0) is 59.7 Å². The molecule has 1 atom stereocenters. The van der Waals surface area contributed by atoms with Gasteiger partial charge in [0.05, 0.1) is 23.9 Å². The molecule has 40 heavy (non-hydrogen) atoms. The normalized spacial score (nSPS) is 12.0. The second-order valence-electron chi connectivity index (χ2n) is 9.89. The smallest absolute Gasteiger partial charge is 0.270 e. The van der Waals surface area contributed by atoms with Crippen LogP contribution < -0.4 is 10.6 Å². The topological polar surface area (TPSA) is 122 Å². The highest BCUT2D eigenvalue weighted by atomic mass is 32.1. The number of hydrogen-bond donors (Lipinski definition) is 3. The van der Waals surface area contributed by atoms with Crippen molar-refractivity contribution < 1.29 is 14.7 Å². The Kier molecular flexibility index (Phi) is 8.28. The minimum Gasteiger partial charge on any atom is -0.394 e. The van der Waals surface area contributed by atoms with E-state index in [0.29, 0.717) is 34.9 Å². The van der Waals surface area contributed by atoms with E-state index in [0.717, 1.165) is 22.4 Å². The van der Waals surface area contributed by atoms with E-state index in [1.165, 1.54) is 11.3 Å². The summed E-state index contributed by atoms with van der Waals surface area (Å²) < 4.78 is 1.64. The van der Waals surface area contributed by atoms with Gasteiger partial charge in [-0.1, -0.05) is 19.9 Å². The van der Waals surface area contributed by atoms with Crippen LogP contribution in [0.1, 0.15) is 46.7 Å². The Morgan fingerprint density at radius 2 is 1.88 bits per heavy atom. The van der Waals surface area contributed by atoms with Gasteiger partial charge in [0, 0.05) is 47.8 Å². The molecule has 9 nitrogen and oxygen atoms in total. The lowest BCUT2D eigenvalue weighted by atomic mass is 10.0. The summed E-state index contributed by atoms with van der Waals surface area (Å²) in [6.07, 6.45) is 7.53. The van der Waals surface area contributed by atoms with Crippen LogP contribution in [0.15, 0.2) is 78.0 Å². The van der Waals surface area contributed by atoms with Gasteiger partial charge in [-0.3, -0.25) is 24.0 Å². The summed E-state index contributed by atoms with van der Waals surface area (Å²) in [5.74, 6) is -0.370. The summed E-state index contributed by atoms with van der Waals surface area (Å²) >= 11 is 1.50. The Labute approximate surface area is 236 Å². The second-order valence-corrected chi connectivity index (χ2v) is 10.7. The van der Waals surface area contributed by atoms with Gasteiger partial charge in [-0.2, -0.15) is 11.3 Å². The lowest BCUT2D eigenvalue weighted by Crippen LogP contribution is -2.39. The minimum absolute atomic E-state index is 0.166. The summed E-state index contributed by atoms with van der Waals surface area (Å²) in [5.41, 5.74) is 4.95. The maximum Gasteiger partial charge on any atom is 0.270 e. The lowest BCUT2D eigenvalue weighted by Gasteiger charge is -2.18. The summed E-state index contributed by atoms with van der Waals surface area (Å²) in [7, 11) is 0. The first-order valence-electron chi connectivity index (χ1n) is 13.0. The number of aliphatic hydroxyl groups is 1. The number of amides is 2. The van der Waals surface area contributed by atoms with E-state index in [2.05, 4.69) is 20.6 Å². The fourth-order valence-corrected chi connectivity index (χ4v) is 5.20. The molecular weight excluding hydrogens is 524 g/mol. The molecule has 0 fully saturated rings. The first-order valence-corrected chi connectivity index (χ1v) is 14.0. The third kappa shape index (κ3) is 5.93. The zero-order valence-electron chi connectivity index (χ0n) is 22.2. The highest BCUT2D eigenvalue weighted by Crippen LogP contribution is 2.28. The molecule has 10 heteroatoms. The van der Waals surface area contributed by atoms with Crippen LogP contribution in [-0.2, 0) is 6.54 Å². The SMILES string of the molecule is CC(C)C[C@@H](CO)NC(=O)c1c(-c2ccsc2)nc2c(C(=O)NCc3ccc(-c4ccncc4)nc3)cccn12. The first-order chi connectivity index (χ1) is 19.4. The van der Waals surface area contributed by atoms with Crippen LogP contribution in [0.2, 0.25) is 0 Å². The number of carbonyl (C=O) groups excluding carboxylic acids is 2. The molecule has 204 valence electrons. The van der Waals surface area contributed by atoms with E-state index in [1.54, 1.807) is 41.3 Å². The molecule has 2 amide bonds. The highest BCUT2D eigenvalue weighted by molar-refractivity contribution is 7.08. The van der Waals surface area contributed by atoms with Crippen LogP contribution in [0, 0.1) is 5.92 Å². The monoisotopic (exact) mass is 554 g/mol. The largest absolute Gasteiger partial charge is 0.394 e. The van der Waals surface area contributed by atoms with Crippen molar-refractivity contribution in [3.8, 4) is 22.5 Å². The third-order valence-electron chi connectivity index (χ3n) is 6.47. The zero-order valence-corrected chi connectivity index (χ0v) is 23.1. The van der Waals surface area contributed by atoms with E-state index >= 15 is 0 Å². The maximum atomic E-state index is 13.5. The van der Waals surface area contributed by atoms with Gasteiger partial charge in [0.1, 0.15) is 11.4 Å². The van der Waals surface area contributed by atoms with Gasteiger partial charge in [0.25, 0.3) is 11.8 Å². The Balaban J connectivity index is 1.41. The van der Waals surface area contributed by atoms with E-state index in [9.17, 15) is 14.7 Å². The van der Waals surface area contributed by atoms with Gasteiger partial charge in [0.2, 0.25) is 0 Å². The standard InChI is InChI=1S/C30H30N6O3S/c1-19(2)14-23(17-37)34-30(39)27-26(22-9-13-40-18-22)35-28-24(4-3-12-36(27)28)29(38)33-16-20-5-6-25(32-15-20)21-7-10-31-11-8-21/h3-13,15,18-19,23,37H,14,16-17H2,1-2H3,(H,33,38)(H,34,39)/t23-/m0/s1. The number of rotatable bonds is 10. The van der Waals surface area contributed by atoms with Crippen LogP contribution >= 0.6 is 11.3 Å². The van der Waals surface area contributed by atoms with E-state index < -0.39 is 6.04 Å². The number of thiophene rings is 1. The zero-order chi connectivity index (χ0) is 28.1. The number of aromatic nitrogens is 4. The van der Waals surface area contributed by atoms with Crippen molar-refractivity contribution in [1.29, 1.82) is 0 Å². The average molecular weight is 555 g/mol. The Bertz CT molecular complexity index is 1600. The van der Waals surface area contributed by atoms with Crippen molar-refractivity contribution >= 4 is 28.8 Å². The predicted octanol–water partition coefficient (Wildman–Crippen LogP) is 4.59. The third-order valence-corrected chi connectivity index (χ3v) is 7.15. The highest BCUT2D eigenvalue weighted by Gasteiger charge is 2.25. The number of nitrogens with zero attached hydrogens (tertiary/aromatic N) is 4. The number of hydrogen-bond acceptors (Lipinski definition) is 7. The Morgan fingerprint density at radius 3 is 2.55 bits per heavy atom. The van der Waals surface area contributed by atoms with Crippen molar-refractivity contribution in [2.24, 2.45) is 5.92 Å². The number of nitrogens with one attached hydrogen (secondary N) is 2. The number of aliphatic hydroxyl groups excluding tert-OH is 1. The summed E-state index contributed by atoms with van der Waals surface area (Å²) in [4.78, 5) is 40.1. The van der Waals surface area contributed by atoms with Gasteiger partial charge >= 0.3 is 0 Å². The van der Waals surface area contributed by atoms with Crippen LogP contribution in [0.4, 0.5) is 0 Å². The summed E-state index contributed by atoms with van der Waals surface area (Å²) in [5, 5.41) is 19.6. The maximum absolute atomic E-state index is 13.5. The van der Waals surface area contributed by atoms with Crippen molar-refractivity contribution in [3.05, 3.63) is 94.8 Å². The van der Waals surface area contributed by atoms with Crippen molar-refractivity contribution in [3.63, 3.8) is 0 Å². The molecule has 5 aromatic rings. The Morgan fingerprint density at radius 1 is 1.05 bits per heavy atom. The molecule has 0 spiro atoms. The molecule has 0 aromatic carbocycles. The van der Waals surface area contributed by atoms with E-state index in [4.69, 9.17) is 4.98 Å². The first kappa shape index (κ1) is 27.2. The van der Waals surface area contributed by atoms with Crippen molar-refractivity contribution in [2.75, 3.05) is 6.61 Å². The molecule has 0 aliphatic heterocycles. The van der Waals surface area contributed by atoms with Crippen LogP contribution in [0.25, 0.3) is 28.2 Å². The quantitative estimate of drug-likeness (QED) is 0.232. The Hall–Kier alpha value is -4.41. The summed E-state index contributed by atoms with van der Waals surface area (Å²) in [6, 6.07) is 12.5. The van der Waals surface area contributed by atoms with Gasteiger partial charge in [-0.15, -0.1) is 0 Å². The molecule has 0 radical (unpaired) electrons. The minimum atomic E-state index is -0.390. The fourth-order valence-electron chi connectivity index (χ4n) is 4.56. The molecule has 5 rings (SSSR count). The van der Waals surface area contributed by atoms with Crippen LogP contribution in [0.5, 0.6) is 0 Å². The van der Waals surface area contributed by atoms with Crippen LogP contribution in [0.3, 0.4) is 0 Å². The number of fused-ring (bicyclic) bond motifs is 1. The molecular formula is C30H30N6O3S. The molecule has 0 saturated carbocycles. The molecule has 0 unspecified atom stereocenters. The van der Waals surface area contributed by atoms with Crippen molar-refractivity contribution in [2.45, 2.75) is 32.9 Å². The van der Waals surface area contributed by atoms with Gasteiger partial charge in [0.15, 0.2) is 5.65 Å². The molecule has 0 aliphatic carbocycles. The molecule has 0 saturated heterocycles. The molecule has 0 aliphatic rings. The van der Waals surface area contributed by atoms with Gasteiger partial charge < -0.3 is 15.7 Å². The molecule has 3 N–H and O–H groups in total. The molecule has 5 heterocycles. The second kappa shape index (κ2) is 12.2. The van der Waals surface area contributed by atoms with Crippen molar-refractivity contribution in [1.82, 2.24) is 30.0 Å². The van der Waals surface area contributed by atoms with E-state index in [1.807, 2.05) is 54.9 Å². The molecule has 5 aromatic heterocycles. The number of imidazole rings is 1. The predicted molar refractivity (Wildman–Crippen MR) is 155 cm³/mol. The van der Waals surface area contributed by atoms with Gasteiger partial charge in [-0.25, -0.2) is 4.98 Å². The molecule has 0 bridgehead atoms. The van der Waals surface area contributed by atoms with E-state index in [-0.39, 0.29) is 25.0 Å². The summed E-state index contributed by atoms with van der Waals surface area (Å²) in [6.45, 7) is 4.19. The fraction of sp³-hybridized carbons (Fsp3) is 0.233.